The van der Waals surface area contributed by atoms with Crippen LogP contribution in [-0.4, -0.2) is 28.5 Å². The number of carbonyl (C=O) groups excluding carboxylic acids is 1. The number of nitrogens with zero attached hydrogens (tertiary/aromatic N) is 3. The van der Waals surface area contributed by atoms with Gasteiger partial charge in [-0.05, 0) is 39.0 Å². The van der Waals surface area contributed by atoms with E-state index in [4.69, 9.17) is 0 Å². The van der Waals surface area contributed by atoms with Crippen molar-refractivity contribution >= 4 is 17.5 Å². The maximum Gasteiger partial charge on any atom is 0.270 e. The summed E-state index contributed by atoms with van der Waals surface area (Å²) >= 11 is 0. The third-order valence-corrected chi connectivity index (χ3v) is 2.81. The van der Waals surface area contributed by atoms with Gasteiger partial charge in [0.2, 0.25) is 5.95 Å². The number of hydrogen-bond donors (Lipinski definition) is 1. The molecule has 1 aromatic carbocycles. The average Bonchev–Trinajstić information content (AvgIpc) is 2.46. The number of benzene rings is 1. The van der Waals surface area contributed by atoms with Crippen molar-refractivity contribution in [2.75, 3.05) is 11.9 Å². The molecular weight excluding hydrogens is 264 g/mol. The van der Waals surface area contributed by atoms with Crippen molar-refractivity contribution in [2.45, 2.75) is 26.3 Å². The molecule has 0 aliphatic heterocycles. The molecule has 0 saturated heterocycles. The van der Waals surface area contributed by atoms with Crippen LogP contribution in [0.25, 0.3) is 0 Å². The van der Waals surface area contributed by atoms with Gasteiger partial charge in [-0.3, -0.25) is 4.79 Å². The van der Waals surface area contributed by atoms with E-state index in [2.05, 4.69) is 15.3 Å². The van der Waals surface area contributed by atoms with Crippen molar-refractivity contribution in [2.24, 2.45) is 0 Å². The summed E-state index contributed by atoms with van der Waals surface area (Å²) < 4.78 is 0. The lowest BCUT2D eigenvalue weighted by molar-refractivity contribution is 0.0914. The van der Waals surface area contributed by atoms with Crippen LogP contribution in [0.2, 0.25) is 0 Å². The van der Waals surface area contributed by atoms with Crippen molar-refractivity contribution in [3.8, 4) is 0 Å². The van der Waals surface area contributed by atoms with E-state index in [9.17, 15) is 4.79 Å². The Kier molecular flexibility index (Phi) is 4.21. The van der Waals surface area contributed by atoms with Gasteiger partial charge in [0.25, 0.3) is 5.91 Å². The molecule has 0 radical (unpaired) electrons. The lowest BCUT2D eigenvalue weighted by Crippen LogP contribution is -2.41. The predicted octanol–water partition coefficient (Wildman–Crippen LogP) is 2.77. The van der Waals surface area contributed by atoms with Gasteiger partial charge in [-0.15, -0.1) is 0 Å². The van der Waals surface area contributed by atoms with Crippen LogP contribution in [0, 0.1) is 0 Å². The molecule has 0 bridgehead atoms. The smallest absolute Gasteiger partial charge is 0.270 e. The standard InChI is InChI=1S/C16H20N4O/c1-16(2,3)19-14(21)13-10-11-17-15(18-13)20(4)12-8-6-5-7-9-12/h5-11H,1-4H3,(H,19,21). The minimum atomic E-state index is -0.298. The van der Waals surface area contributed by atoms with Crippen molar-refractivity contribution < 1.29 is 4.79 Å². The van der Waals surface area contributed by atoms with E-state index in [-0.39, 0.29) is 11.4 Å². The highest BCUT2D eigenvalue weighted by atomic mass is 16.2. The molecule has 1 amide bonds. The Morgan fingerprint density at radius 3 is 2.43 bits per heavy atom. The molecule has 110 valence electrons. The predicted molar refractivity (Wildman–Crippen MR) is 83.8 cm³/mol. The number of para-hydroxylation sites is 1. The van der Waals surface area contributed by atoms with Crippen molar-refractivity contribution in [3.63, 3.8) is 0 Å². The molecule has 1 heterocycles. The number of hydrogen-bond acceptors (Lipinski definition) is 4. The van der Waals surface area contributed by atoms with Crippen molar-refractivity contribution in [1.82, 2.24) is 15.3 Å². The van der Waals surface area contributed by atoms with Gasteiger partial charge in [0.1, 0.15) is 5.69 Å². The number of anilines is 2. The van der Waals surface area contributed by atoms with Gasteiger partial charge in [0.15, 0.2) is 0 Å². The van der Waals surface area contributed by atoms with E-state index in [1.807, 2.05) is 63.1 Å². The van der Waals surface area contributed by atoms with E-state index < -0.39 is 0 Å². The Morgan fingerprint density at radius 2 is 1.81 bits per heavy atom. The minimum Gasteiger partial charge on any atom is -0.346 e. The molecule has 1 N–H and O–H groups in total. The van der Waals surface area contributed by atoms with Gasteiger partial charge in [0, 0.05) is 24.5 Å². The summed E-state index contributed by atoms with van der Waals surface area (Å²) in [6.07, 6.45) is 1.60. The lowest BCUT2D eigenvalue weighted by atomic mass is 10.1. The molecular formula is C16H20N4O. The Balaban J connectivity index is 2.24. The molecule has 0 aliphatic carbocycles. The summed E-state index contributed by atoms with van der Waals surface area (Å²) in [6, 6.07) is 11.4. The van der Waals surface area contributed by atoms with Gasteiger partial charge < -0.3 is 10.2 Å². The second-order valence-corrected chi connectivity index (χ2v) is 5.84. The van der Waals surface area contributed by atoms with E-state index >= 15 is 0 Å². The van der Waals surface area contributed by atoms with E-state index in [0.717, 1.165) is 5.69 Å². The van der Waals surface area contributed by atoms with E-state index in [1.54, 1.807) is 12.3 Å². The van der Waals surface area contributed by atoms with Crippen LogP contribution in [0.1, 0.15) is 31.3 Å². The first-order valence-electron chi connectivity index (χ1n) is 6.81. The fourth-order valence-corrected chi connectivity index (χ4v) is 1.81. The normalized spacial score (nSPS) is 11.0. The zero-order valence-electron chi connectivity index (χ0n) is 12.8. The van der Waals surface area contributed by atoms with Crippen LogP contribution in [0.5, 0.6) is 0 Å². The molecule has 0 fully saturated rings. The third kappa shape index (κ3) is 4.02. The molecule has 5 heteroatoms. The Bertz CT molecular complexity index is 620. The first-order valence-corrected chi connectivity index (χ1v) is 6.81. The summed E-state index contributed by atoms with van der Waals surface area (Å²) in [5.41, 5.74) is 1.02. The van der Waals surface area contributed by atoms with E-state index in [0.29, 0.717) is 11.6 Å². The molecule has 0 unspecified atom stereocenters. The van der Waals surface area contributed by atoms with Crippen molar-refractivity contribution in [3.05, 3.63) is 48.3 Å². The molecule has 0 spiro atoms. The van der Waals surface area contributed by atoms with Crippen LogP contribution in [0.3, 0.4) is 0 Å². The van der Waals surface area contributed by atoms with Gasteiger partial charge in [-0.1, -0.05) is 18.2 Å². The number of carbonyl (C=O) groups is 1. The fourth-order valence-electron chi connectivity index (χ4n) is 1.81. The van der Waals surface area contributed by atoms with E-state index in [1.165, 1.54) is 0 Å². The van der Waals surface area contributed by atoms with Gasteiger partial charge >= 0.3 is 0 Å². The van der Waals surface area contributed by atoms with Crippen LogP contribution in [0.15, 0.2) is 42.6 Å². The average molecular weight is 284 g/mol. The largest absolute Gasteiger partial charge is 0.346 e. The Labute approximate surface area is 125 Å². The van der Waals surface area contributed by atoms with Crippen LogP contribution >= 0.6 is 0 Å². The highest BCUT2D eigenvalue weighted by Gasteiger charge is 2.17. The van der Waals surface area contributed by atoms with Crippen molar-refractivity contribution in [1.29, 1.82) is 0 Å². The highest BCUT2D eigenvalue weighted by molar-refractivity contribution is 5.93. The zero-order valence-corrected chi connectivity index (χ0v) is 12.8. The quantitative estimate of drug-likeness (QED) is 0.941. The maximum absolute atomic E-state index is 12.2. The number of amides is 1. The fraction of sp³-hybridized carbons (Fsp3) is 0.312. The molecule has 0 saturated carbocycles. The molecule has 0 aliphatic rings. The molecule has 0 atom stereocenters. The van der Waals surface area contributed by atoms with Gasteiger partial charge in [-0.2, -0.15) is 0 Å². The summed E-state index contributed by atoms with van der Waals surface area (Å²) in [6.45, 7) is 5.80. The van der Waals surface area contributed by atoms with Crippen LogP contribution in [0.4, 0.5) is 11.6 Å². The number of aromatic nitrogens is 2. The Hall–Kier alpha value is -2.43. The third-order valence-electron chi connectivity index (χ3n) is 2.81. The molecule has 1 aromatic heterocycles. The summed E-state index contributed by atoms with van der Waals surface area (Å²) in [5.74, 6) is 0.287. The molecule has 5 nitrogen and oxygen atoms in total. The topological polar surface area (TPSA) is 58.1 Å². The second kappa shape index (κ2) is 5.91. The number of nitrogens with one attached hydrogen (secondary N) is 1. The summed E-state index contributed by atoms with van der Waals surface area (Å²) in [5, 5.41) is 2.89. The van der Waals surface area contributed by atoms with Crippen LogP contribution < -0.4 is 10.2 Å². The molecule has 2 aromatic rings. The van der Waals surface area contributed by atoms with Crippen LogP contribution in [-0.2, 0) is 0 Å². The number of rotatable bonds is 3. The molecule has 21 heavy (non-hydrogen) atoms. The SMILES string of the molecule is CN(c1ccccc1)c1nccc(C(=O)NC(C)(C)C)n1. The minimum absolute atomic E-state index is 0.201. The zero-order chi connectivity index (χ0) is 15.5. The molecule has 2 rings (SSSR count). The summed E-state index contributed by atoms with van der Waals surface area (Å²) in [7, 11) is 1.87. The van der Waals surface area contributed by atoms with Gasteiger partial charge in [-0.25, -0.2) is 9.97 Å². The first-order chi connectivity index (χ1) is 9.87. The summed E-state index contributed by atoms with van der Waals surface area (Å²) in [4.78, 5) is 22.6. The second-order valence-electron chi connectivity index (χ2n) is 5.84. The highest BCUT2D eigenvalue weighted by Crippen LogP contribution is 2.19. The monoisotopic (exact) mass is 284 g/mol. The van der Waals surface area contributed by atoms with Gasteiger partial charge in [0.05, 0.1) is 0 Å². The Morgan fingerprint density at radius 1 is 1.14 bits per heavy atom. The first kappa shape index (κ1) is 15.0. The lowest BCUT2D eigenvalue weighted by Gasteiger charge is -2.21. The maximum atomic E-state index is 12.2.